The Morgan fingerprint density at radius 3 is 2.66 bits per heavy atom. The summed E-state index contributed by atoms with van der Waals surface area (Å²) in [6.07, 6.45) is 18.6. The lowest BCUT2D eigenvalue weighted by molar-refractivity contribution is -0.0310. The zero-order valence-electron chi connectivity index (χ0n) is 21.5. The first-order valence-electron chi connectivity index (χ1n) is 14.1. The number of benzene rings is 1. The molecule has 2 saturated carbocycles. The van der Waals surface area contributed by atoms with Crippen molar-refractivity contribution in [3.05, 3.63) is 59.9 Å². The van der Waals surface area contributed by atoms with Crippen LogP contribution in [-0.2, 0) is 4.74 Å². The van der Waals surface area contributed by atoms with Gasteiger partial charge in [0.15, 0.2) is 0 Å². The van der Waals surface area contributed by atoms with Crippen LogP contribution in [0.3, 0.4) is 0 Å². The summed E-state index contributed by atoms with van der Waals surface area (Å²) in [6.45, 7) is 9.33. The van der Waals surface area contributed by atoms with E-state index in [4.69, 9.17) is 4.74 Å². The summed E-state index contributed by atoms with van der Waals surface area (Å²) >= 11 is 0. The molecule has 5 aliphatic rings. The van der Waals surface area contributed by atoms with Gasteiger partial charge in [-0.1, -0.05) is 43.7 Å². The van der Waals surface area contributed by atoms with Crippen molar-refractivity contribution in [3.63, 3.8) is 0 Å². The number of hydrogen-bond donors (Lipinski definition) is 0. The molecule has 0 amide bonds. The molecule has 3 heteroatoms. The zero-order chi connectivity index (χ0) is 23.6. The molecule has 184 valence electrons. The van der Waals surface area contributed by atoms with Gasteiger partial charge >= 0.3 is 0 Å². The van der Waals surface area contributed by atoms with Gasteiger partial charge in [0.25, 0.3) is 0 Å². The second-order valence-electron chi connectivity index (χ2n) is 12.6. The van der Waals surface area contributed by atoms with Crippen molar-refractivity contribution in [2.24, 2.45) is 28.6 Å². The Morgan fingerprint density at radius 2 is 1.77 bits per heavy atom. The molecule has 0 bridgehead atoms. The third-order valence-corrected chi connectivity index (χ3v) is 11.2. The van der Waals surface area contributed by atoms with Gasteiger partial charge in [0.2, 0.25) is 0 Å². The van der Waals surface area contributed by atoms with E-state index >= 15 is 0 Å². The average molecular weight is 469 g/mol. The van der Waals surface area contributed by atoms with Gasteiger partial charge in [0, 0.05) is 36.9 Å². The van der Waals surface area contributed by atoms with Crippen molar-refractivity contribution >= 4 is 16.3 Å². The Hall–Kier alpha value is -1.97. The van der Waals surface area contributed by atoms with Crippen molar-refractivity contribution < 1.29 is 4.74 Å². The van der Waals surface area contributed by atoms with E-state index in [1.807, 2.05) is 12.4 Å². The lowest BCUT2D eigenvalue weighted by Crippen LogP contribution is -2.52. The lowest BCUT2D eigenvalue weighted by Gasteiger charge is -2.58. The van der Waals surface area contributed by atoms with Crippen molar-refractivity contribution in [1.29, 1.82) is 0 Å². The normalized spacial score (nSPS) is 39.4. The summed E-state index contributed by atoms with van der Waals surface area (Å²) in [4.78, 5) is 7.10. The fourth-order valence-electron chi connectivity index (χ4n) is 9.16. The van der Waals surface area contributed by atoms with Crippen LogP contribution in [0.5, 0.6) is 0 Å². The molecule has 1 saturated heterocycles. The van der Waals surface area contributed by atoms with Gasteiger partial charge in [0.1, 0.15) is 0 Å². The average Bonchev–Trinajstić information content (AvgIpc) is 3.25. The van der Waals surface area contributed by atoms with E-state index in [1.54, 1.807) is 11.1 Å². The summed E-state index contributed by atoms with van der Waals surface area (Å²) in [7, 11) is 0. The molecular formula is C32H40N2O. The third kappa shape index (κ3) is 3.41. The van der Waals surface area contributed by atoms with Gasteiger partial charge in [-0.25, -0.2) is 0 Å². The number of ether oxygens (including phenoxy) is 1. The number of hydrogen-bond acceptors (Lipinski definition) is 3. The van der Waals surface area contributed by atoms with E-state index in [2.05, 4.69) is 60.1 Å². The predicted octanol–water partition coefficient (Wildman–Crippen LogP) is 6.89. The highest BCUT2D eigenvalue weighted by molar-refractivity contribution is 5.86. The number of allylic oxidation sites excluding steroid dienone is 3. The molecular weight excluding hydrogens is 428 g/mol. The molecule has 0 spiro atoms. The van der Waals surface area contributed by atoms with Gasteiger partial charge in [-0.15, -0.1) is 0 Å². The first-order chi connectivity index (χ1) is 17.1. The molecule has 6 atom stereocenters. The Kier molecular flexibility index (Phi) is 5.26. The minimum atomic E-state index is 0.309. The van der Waals surface area contributed by atoms with Crippen LogP contribution in [0.25, 0.3) is 16.3 Å². The van der Waals surface area contributed by atoms with Crippen molar-refractivity contribution in [1.82, 2.24) is 9.88 Å². The fourth-order valence-corrected chi connectivity index (χ4v) is 9.16. The van der Waals surface area contributed by atoms with Crippen molar-refractivity contribution in [3.8, 4) is 0 Å². The van der Waals surface area contributed by atoms with E-state index in [9.17, 15) is 0 Å². The number of aromatic nitrogens is 1. The van der Waals surface area contributed by atoms with Crippen molar-refractivity contribution in [2.75, 3.05) is 26.3 Å². The molecule has 2 aromatic rings. The number of pyridine rings is 1. The van der Waals surface area contributed by atoms with E-state index in [1.165, 1.54) is 61.3 Å². The Balaban J connectivity index is 1.15. The first-order valence-corrected chi connectivity index (χ1v) is 14.1. The second kappa shape index (κ2) is 8.28. The van der Waals surface area contributed by atoms with E-state index < -0.39 is 0 Å². The molecule has 0 N–H and O–H groups in total. The molecule has 1 aliphatic heterocycles. The molecule has 3 nitrogen and oxygen atoms in total. The molecule has 1 aromatic heterocycles. The summed E-state index contributed by atoms with van der Waals surface area (Å²) in [5, 5.41) is 2.56. The van der Waals surface area contributed by atoms with Gasteiger partial charge in [-0.3, -0.25) is 9.88 Å². The SMILES string of the molecule is C[C@]12CC[C@H](N3CCOCC3)CC1=CC[C@@H]1[C@@H]2CC[C@]2(C)C(c3ccc4ccncc4c3)=CC[C@@H]12. The molecule has 2 heterocycles. The third-order valence-electron chi connectivity index (χ3n) is 11.2. The maximum atomic E-state index is 5.63. The molecule has 7 rings (SSSR count). The Bertz CT molecular complexity index is 1190. The Morgan fingerprint density at radius 1 is 0.914 bits per heavy atom. The van der Waals surface area contributed by atoms with Crippen LogP contribution in [0, 0.1) is 28.6 Å². The van der Waals surface area contributed by atoms with Gasteiger partial charge < -0.3 is 4.74 Å². The first kappa shape index (κ1) is 22.2. The minimum absolute atomic E-state index is 0.309. The van der Waals surface area contributed by atoms with E-state index in [0.717, 1.165) is 50.1 Å². The van der Waals surface area contributed by atoms with Crippen molar-refractivity contribution in [2.45, 2.75) is 64.8 Å². The quantitative estimate of drug-likeness (QED) is 0.449. The number of nitrogens with zero attached hydrogens (tertiary/aromatic N) is 2. The standard InChI is InChI=1S/C32H40N2O/c1-31-12-9-26(34-15-17-35-18-16-34)20-25(31)5-6-27-29-8-7-28(32(29,2)13-10-30(27)31)23-4-3-22-11-14-33-21-24(22)19-23/h3-5,7,11,14,19,21,26-27,29-30H,6,8-10,12-13,15-18,20H2,1-2H3/t26-,27-,29-,30-,31-,32+/m0/s1. The summed E-state index contributed by atoms with van der Waals surface area (Å²) in [5.41, 5.74) is 5.58. The topological polar surface area (TPSA) is 25.4 Å². The maximum Gasteiger partial charge on any atom is 0.0594 e. The van der Waals surface area contributed by atoms with Crippen LogP contribution in [-0.4, -0.2) is 42.2 Å². The van der Waals surface area contributed by atoms with Gasteiger partial charge in [-0.2, -0.15) is 0 Å². The highest BCUT2D eigenvalue weighted by atomic mass is 16.5. The van der Waals surface area contributed by atoms with Crippen LogP contribution in [0.1, 0.15) is 64.4 Å². The monoisotopic (exact) mass is 468 g/mol. The molecule has 1 aromatic carbocycles. The van der Waals surface area contributed by atoms with E-state index in [-0.39, 0.29) is 0 Å². The molecule has 3 fully saturated rings. The van der Waals surface area contributed by atoms with Crippen LogP contribution < -0.4 is 0 Å². The molecule has 4 aliphatic carbocycles. The molecule has 0 radical (unpaired) electrons. The van der Waals surface area contributed by atoms with Crippen LogP contribution in [0.2, 0.25) is 0 Å². The predicted molar refractivity (Wildman–Crippen MR) is 143 cm³/mol. The molecule has 35 heavy (non-hydrogen) atoms. The van der Waals surface area contributed by atoms with Crippen LogP contribution in [0.4, 0.5) is 0 Å². The van der Waals surface area contributed by atoms with E-state index in [0.29, 0.717) is 10.8 Å². The second-order valence-corrected chi connectivity index (χ2v) is 12.6. The van der Waals surface area contributed by atoms with Crippen LogP contribution >= 0.6 is 0 Å². The lowest BCUT2D eigenvalue weighted by atomic mass is 9.47. The Labute approximate surface area is 210 Å². The highest BCUT2D eigenvalue weighted by Gasteiger charge is 2.57. The summed E-state index contributed by atoms with van der Waals surface area (Å²) < 4.78 is 5.63. The zero-order valence-corrected chi connectivity index (χ0v) is 21.5. The number of morpholine rings is 1. The number of fused-ring (bicyclic) bond motifs is 6. The molecule has 0 unspecified atom stereocenters. The fraction of sp³-hybridized carbons (Fsp3) is 0.594. The summed E-state index contributed by atoms with van der Waals surface area (Å²) in [5.74, 6) is 2.48. The van der Waals surface area contributed by atoms with Gasteiger partial charge in [-0.05, 0) is 102 Å². The smallest absolute Gasteiger partial charge is 0.0594 e. The minimum Gasteiger partial charge on any atom is -0.379 e. The number of rotatable bonds is 2. The van der Waals surface area contributed by atoms with Crippen LogP contribution in [0.15, 0.2) is 54.4 Å². The largest absolute Gasteiger partial charge is 0.379 e. The maximum absolute atomic E-state index is 5.63. The summed E-state index contributed by atoms with van der Waals surface area (Å²) in [6, 6.07) is 9.91. The highest BCUT2D eigenvalue weighted by Crippen LogP contribution is 2.66. The van der Waals surface area contributed by atoms with Gasteiger partial charge in [0.05, 0.1) is 13.2 Å².